The Hall–Kier alpha value is -6.64. The van der Waals surface area contributed by atoms with Crippen LogP contribution in [0, 0.1) is 0 Å². The van der Waals surface area contributed by atoms with E-state index in [1.165, 1.54) is 33.4 Å². The van der Waals surface area contributed by atoms with E-state index in [0.29, 0.717) is 0 Å². The van der Waals surface area contributed by atoms with Crippen LogP contribution in [-0.2, 0) is 0 Å². The predicted molar refractivity (Wildman–Crippen MR) is 210 cm³/mol. The number of furan rings is 1. The first-order valence-electron chi connectivity index (χ1n) is 17.0. The zero-order chi connectivity index (χ0) is 33.3. The van der Waals surface area contributed by atoms with E-state index in [0.717, 1.165) is 50.1 Å². The molecule has 0 saturated carbocycles. The topological polar surface area (TPSA) is 16.4 Å². The molecular formula is C48H33NO. The number of benzene rings is 8. The van der Waals surface area contributed by atoms with Gasteiger partial charge in [0.2, 0.25) is 0 Å². The molecule has 0 amide bonds. The third kappa shape index (κ3) is 5.53. The molecule has 0 atom stereocenters. The third-order valence-corrected chi connectivity index (χ3v) is 9.49. The Balaban J connectivity index is 1.23. The summed E-state index contributed by atoms with van der Waals surface area (Å²) in [6.07, 6.45) is 0. The molecule has 9 rings (SSSR count). The molecule has 0 bridgehead atoms. The first-order valence-corrected chi connectivity index (χ1v) is 17.0. The van der Waals surface area contributed by atoms with Crippen molar-refractivity contribution in [1.29, 1.82) is 0 Å². The molecule has 0 N–H and O–H groups in total. The molecule has 0 spiro atoms. The van der Waals surface area contributed by atoms with Gasteiger partial charge >= 0.3 is 0 Å². The monoisotopic (exact) mass is 639 g/mol. The highest BCUT2D eigenvalue weighted by atomic mass is 16.3. The van der Waals surface area contributed by atoms with Crippen LogP contribution in [0.1, 0.15) is 0 Å². The number of nitrogens with zero attached hydrogens (tertiary/aromatic N) is 1. The number of rotatable bonds is 7. The minimum Gasteiger partial charge on any atom is -0.454 e. The maximum Gasteiger partial charge on any atom is 0.159 e. The van der Waals surface area contributed by atoms with Gasteiger partial charge in [0.25, 0.3) is 0 Å². The molecule has 0 saturated heterocycles. The van der Waals surface area contributed by atoms with Crippen LogP contribution >= 0.6 is 0 Å². The van der Waals surface area contributed by atoms with E-state index < -0.39 is 0 Å². The molecule has 0 unspecified atom stereocenters. The van der Waals surface area contributed by atoms with E-state index >= 15 is 0 Å². The fraction of sp³-hybridized carbons (Fsp3) is 0. The molecule has 9 aromatic rings. The fourth-order valence-electron chi connectivity index (χ4n) is 6.92. The van der Waals surface area contributed by atoms with Crippen LogP contribution in [0.4, 0.5) is 17.1 Å². The summed E-state index contributed by atoms with van der Waals surface area (Å²) in [5.41, 5.74) is 14.2. The van der Waals surface area contributed by atoms with Crippen molar-refractivity contribution in [2.24, 2.45) is 0 Å². The van der Waals surface area contributed by atoms with Crippen molar-refractivity contribution in [3.05, 3.63) is 200 Å². The molecule has 1 aromatic heterocycles. The van der Waals surface area contributed by atoms with Crippen LogP contribution in [-0.4, -0.2) is 0 Å². The zero-order valence-corrected chi connectivity index (χ0v) is 27.4. The lowest BCUT2D eigenvalue weighted by Crippen LogP contribution is -2.10. The van der Waals surface area contributed by atoms with Crippen LogP contribution in [0.15, 0.2) is 205 Å². The van der Waals surface area contributed by atoms with Crippen molar-refractivity contribution >= 4 is 39.0 Å². The van der Waals surface area contributed by atoms with Gasteiger partial charge in [0, 0.05) is 22.1 Å². The Labute approximate surface area is 292 Å². The van der Waals surface area contributed by atoms with Gasteiger partial charge in [-0.25, -0.2) is 0 Å². The van der Waals surface area contributed by atoms with Gasteiger partial charge in [-0.1, -0.05) is 158 Å². The standard InChI is InChI=1S/C48H33NO/c1-4-12-34(13-5-1)37-20-22-40(23-21-37)41-32-45-44-18-10-11-19-47(44)50-48(45)46(33-41)49(42-28-24-38(25-29-42)35-14-6-2-7-15-35)43-30-26-39(27-31-43)36-16-8-3-9-17-36/h1-33H. The molecule has 0 fully saturated rings. The molecule has 236 valence electrons. The summed E-state index contributed by atoms with van der Waals surface area (Å²) in [7, 11) is 0. The summed E-state index contributed by atoms with van der Waals surface area (Å²) in [4.78, 5) is 2.33. The number of anilines is 3. The highest BCUT2D eigenvalue weighted by Gasteiger charge is 2.21. The molecule has 1 heterocycles. The van der Waals surface area contributed by atoms with E-state index in [9.17, 15) is 0 Å². The lowest BCUT2D eigenvalue weighted by atomic mass is 9.97. The summed E-state index contributed by atoms with van der Waals surface area (Å²) in [5, 5.41) is 2.19. The molecule has 8 aromatic carbocycles. The first kappa shape index (κ1) is 29.5. The Kier molecular flexibility index (Phi) is 7.53. The van der Waals surface area contributed by atoms with E-state index in [-0.39, 0.29) is 0 Å². The molecule has 2 nitrogen and oxygen atoms in total. The largest absolute Gasteiger partial charge is 0.454 e. The predicted octanol–water partition coefficient (Wildman–Crippen LogP) is 13.7. The number of hydrogen-bond acceptors (Lipinski definition) is 2. The van der Waals surface area contributed by atoms with Crippen molar-refractivity contribution in [2.75, 3.05) is 4.90 Å². The summed E-state index contributed by atoms with van der Waals surface area (Å²) < 4.78 is 6.72. The lowest BCUT2D eigenvalue weighted by Gasteiger charge is -2.26. The molecule has 50 heavy (non-hydrogen) atoms. The maximum absolute atomic E-state index is 6.72. The summed E-state index contributed by atoms with van der Waals surface area (Å²) in [6, 6.07) is 71.0. The fourth-order valence-corrected chi connectivity index (χ4v) is 6.92. The average Bonchev–Trinajstić information content (AvgIpc) is 3.58. The quantitative estimate of drug-likeness (QED) is 0.173. The van der Waals surface area contributed by atoms with Gasteiger partial charge in [-0.15, -0.1) is 0 Å². The minimum absolute atomic E-state index is 0.857. The minimum atomic E-state index is 0.857. The first-order chi connectivity index (χ1) is 24.8. The summed E-state index contributed by atoms with van der Waals surface area (Å²) in [6.45, 7) is 0. The molecule has 0 aliphatic carbocycles. The highest BCUT2D eigenvalue weighted by Crippen LogP contribution is 2.45. The Bertz CT molecular complexity index is 2450. The zero-order valence-electron chi connectivity index (χ0n) is 27.4. The van der Waals surface area contributed by atoms with Gasteiger partial charge in [-0.05, 0) is 87.0 Å². The van der Waals surface area contributed by atoms with Crippen LogP contribution < -0.4 is 4.90 Å². The van der Waals surface area contributed by atoms with Gasteiger partial charge in [0.1, 0.15) is 5.58 Å². The Morgan fingerprint density at radius 2 is 0.680 bits per heavy atom. The lowest BCUT2D eigenvalue weighted by molar-refractivity contribution is 0.669. The Morgan fingerprint density at radius 3 is 1.16 bits per heavy atom. The van der Waals surface area contributed by atoms with E-state index in [2.05, 4.69) is 199 Å². The summed E-state index contributed by atoms with van der Waals surface area (Å²) >= 11 is 0. The van der Waals surface area contributed by atoms with Gasteiger partial charge in [-0.2, -0.15) is 0 Å². The van der Waals surface area contributed by atoms with E-state index in [1.54, 1.807) is 0 Å². The van der Waals surface area contributed by atoms with E-state index in [4.69, 9.17) is 4.42 Å². The maximum atomic E-state index is 6.72. The molecule has 2 heteroatoms. The number of hydrogen-bond donors (Lipinski definition) is 0. The average molecular weight is 640 g/mol. The Morgan fingerprint density at radius 1 is 0.300 bits per heavy atom. The van der Waals surface area contributed by atoms with Crippen LogP contribution in [0.2, 0.25) is 0 Å². The van der Waals surface area contributed by atoms with Crippen molar-refractivity contribution in [1.82, 2.24) is 0 Å². The van der Waals surface area contributed by atoms with Crippen molar-refractivity contribution in [3.63, 3.8) is 0 Å². The van der Waals surface area contributed by atoms with Gasteiger partial charge in [0.05, 0.1) is 5.69 Å². The van der Waals surface area contributed by atoms with Crippen molar-refractivity contribution < 1.29 is 4.42 Å². The van der Waals surface area contributed by atoms with E-state index in [1.807, 2.05) is 6.07 Å². The second-order valence-corrected chi connectivity index (χ2v) is 12.6. The smallest absolute Gasteiger partial charge is 0.159 e. The summed E-state index contributed by atoms with van der Waals surface area (Å²) in [5.74, 6) is 0. The van der Waals surface area contributed by atoms with Gasteiger partial charge < -0.3 is 9.32 Å². The van der Waals surface area contributed by atoms with Crippen LogP contribution in [0.25, 0.3) is 66.4 Å². The van der Waals surface area contributed by atoms with Gasteiger partial charge in [-0.3, -0.25) is 0 Å². The molecular weight excluding hydrogens is 607 g/mol. The molecule has 0 radical (unpaired) electrons. The number of fused-ring (bicyclic) bond motifs is 3. The molecule has 0 aliphatic heterocycles. The third-order valence-electron chi connectivity index (χ3n) is 9.49. The molecule has 0 aliphatic rings. The second-order valence-electron chi connectivity index (χ2n) is 12.6. The highest BCUT2D eigenvalue weighted by molar-refractivity contribution is 6.12. The van der Waals surface area contributed by atoms with Crippen LogP contribution in [0.3, 0.4) is 0 Å². The number of para-hydroxylation sites is 1. The van der Waals surface area contributed by atoms with Gasteiger partial charge in [0.15, 0.2) is 5.58 Å². The van der Waals surface area contributed by atoms with Crippen LogP contribution in [0.5, 0.6) is 0 Å². The normalized spacial score (nSPS) is 11.2. The SMILES string of the molecule is c1ccc(-c2ccc(-c3cc(N(c4ccc(-c5ccccc5)cc4)c4ccc(-c5ccccc5)cc4)c4oc5ccccc5c4c3)cc2)cc1. The van der Waals surface area contributed by atoms with Crippen molar-refractivity contribution in [3.8, 4) is 44.5 Å². The second kappa shape index (κ2) is 12.8. The van der Waals surface area contributed by atoms with Crippen molar-refractivity contribution in [2.45, 2.75) is 0 Å².